The van der Waals surface area contributed by atoms with E-state index in [9.17, 15) is 9.18 Å². The smallest absolute Gasteiger partial charge is 0.248 e. The Bertz CT molecular complexity index is 193. The molecule has 76 valence electrons. The number of piperidine rings is 1. The van der Waals surface area contributed by atoms with Crippen LogP contribution >= 0.6 is 23.0 Å². The van der Waals surface area contributed by atoms with E-state index in [-0.39, 0.29) is 6.54 Å². The second-order valence-electron chi connectivity index (χ2n) is 2.93. The van der Waals surface area contributed by atoms with E-state index >= 15 is 0 Å². The quantitative estimate of drug-likeness (QED) is 0.746. The molecule has 1 aliphatic heterocycles. The van der Waals surface area contributed by atoms with Crippen molar-refractivity contribution in [1.82, 2.24) is 4.90 Å². The molecule has 4 nitrogen and oxygen atoms in total. The molecular formula is C7H11FINO3. The highest BCUT2D eigenvalue weighted by Gasteiger charge is 2.31. The molecule has 0 aromatic rings. The summed E-state index contributed by atoms with van der Waals surface area (Å²) in [4.78, 5) is 12.3. The third-order valence-electron chi connectivity index (χ3n) is 2.08. The van der Waals surface area contributed by atoms with Crippen molar-refractivity contribution in [2.45, 2.75) is 18.7 Å². The van der Waals surface area contributed by atoms with Gasteiger partial charge < -0.3 is 13.1 Å². The summed E-state index contributed by atoms with van der Waals surface area (Å²) in [5, 5.41) is 8.55. The summed E-state index contributed by atoms with van der Waals surface area (Å²) in [6, 6.07) is 0. The van der Waals surface area contributed by atoms with Crippen LogP contribution in [0.2, 0.25) is 0 Å². The van der Waals surface area contributed by atoms with Crippen molar-refractivity contribution in [2.24, 2.45) is 0 Å². The summed E-state index contributed by atoms with van der Waals surface area (Å²) in [7, 11) is 0. The van der Waals surface area contributed by atoms with Crippen LogP contribution in [0.15, 0.2) is 0 Å². The fourth-order valence-corrected chi connectivity index (χ4v) is 1.88. The van der Waals surface area contributed by atoms with E-state index in [2.05, 4.69) is 0 Å². The lowest BCUT2D eigenvalue weighted by atomic mass is 10.1. The first-order valence-corrected chi connectivity index (χ1v) is 4.87. The molecule has 1 aliphatic rings. The molecule has 1 saturated heterocycles. The van der Waals surface area contributed by atoms with Crippen LogP contribution in [-0.4, -0.2) is 47.9 Å². The first-order valence-electron chi connectivity index (χ1n) is 3.99. The number of hydrogen-bond donors (Lipinski definition) is 1. The Balaban J connectivity index is 2.45. The molecule has 1 fully saturated rings. The fraction of sp³-hybridized carbons (Fsp3) is 0.857. The number of amides is 1. The molecule has 6 heteroatoms. The number of nitrogens with zero attached hydrogens (tertiary/aromatic N) is 1. The van der Waals surface area contributed by atoms with Gasteiger partial charge in [-0.2, -0.15) is 0 Å². The Morgan fingerprint density at radius 1 is 1.77 bits per heavy atom. The number of aliphatic hydroxyl groups excluding tert-OH is 1. The Morgan fingerprint density at radius 2 is 2.46 bits per heavy atom. The van der Waals surface area contributed by atoms with Crippen molar-refractivity contribution in [1.29, 1.82) is 0 Å². The lowest BCUT2D eigenvalue weighted by Crippen LogP contribution is -2.48. The minimum atomic E-state index is -1.15. The number of likely N-dealkylation sites (tertiary alicyclic amines) is 1. The molecule has 0 unspecified atom stereocenters. The average Bonchev–Trinajstić information content (AvgIpc) is 2.16. The van der Waals surface area contributed by atoms with E-state index in [1.54, 1.807) is 23.0 Å². The van der Waals surface area contributed by atoms with Crippen LogP contribution in [0, 0.1) is 0 Å². The van der Waals surface area contributed by atoms with E-state index in [0.717, 1.165) is 0 Å². The molecule has 0 bridgehead atoms. The van der Waals surface area contributed by atoms with Gasteiger partial charge in [0.1, 0.15) is 41.9 Å². The topological polar surface area (TPSA) is 49.8 Å². The van der Waals surface area contributed by atoms with Crippen molar-refractivity contribution in [3.05, 3.63) is 0 Å². The van der Waals surface area contributed by atoms with E-state index in [0.29, 0.717) is 13.0 Å². The van der Waals surface area contributed by atoms with Crippen LogP contribution in [0.4, 0.5) is 4.39 Å². The molecule has 0 aliphatic carbocycles. The zero-order chi connectivity index (χ0) is 9.84. The largest absolute Gasteiger partial charge is 0.387 e. The normalized spacial score (nSPS) is 29.0. The molecule has 2 atom stereocenters. The summed E-state index contributed by atoms with van der Waals surface area (Å²) in [5.74, 6) is -0.422. The number of carbonyl (C=O) groups is 1. The number of carbonyl (C=O) groups excluding carboxylic acids is 1. The van der Waals surface area contributed by atoms with Crippen LogP contribution in [0.3, 0.4) is 0 Å². The number of halogens is 2. The number of aliphatic hydroxyl groups is 1. The summed E-state index contributed by atoms with van der Waals surface area (Å²) in [6.45, 7) is -0.0803. The Morgan fingerprint density at radius 3 is 2.92 bits per heavy atom. The van der Waals surface area contributed by atoms with Gasteiger partial charge in [-0.05, 0) is 6.42 Å². The molecule has 1 amide bonds. The summed E-state index contributed by atoms with van der Waals surface area (Å²) in [5.41, 5.74) is 0. The molecule has 0 aromatic heterocycles. The second-order valence-corrected chi connectivity index (χ2v) is 3.44. The van der Waals surface area contributed by atoms with E-state index < -0.39 is 24.8 Å². The lowest BCUT2D eigenvalue weighted by molar-refractivity contribution is -0.137. The van der Waals surface area contributed by atoms with Crippen molar-refractivity contribution in [2.75, 3.05) is 19.7 Å². The summed E-state index contributed by atoms with van der Waals surface area (Å²) in [6.07, 6.45) is -1.10. The molecule has 0 aromatic carbocycles. The Hall–Kier alpha value is 0.0500. The van der Waals surface area contributed by atoms with E-state index in [1.807, 2.05) is 0 Å². The van der Waals surface area contributed by atoms with Gasteiger partial charge in [-0.3, -0.25) is 4.79 Å². The standard InChI is InChI=1S/C7H11FINO3/c8-5-3-10(7(12)4-11)2-1-6(5)13-9/h5-6,11H,1-4H2/t5-,6+/m1/s1. The van der Waals surface area contributed by atoms with Crippen LogP contribution in [-0.2, 0) is 7.86 Å². The highest BCUT2D eigenvalue weighted by molar-refractivity contribution is 14.1. The van der Waals surface area contributed by atoms with Crippen molar-refractivity contribution < 1.29 is 17.4 Å². The van der Waals surface area contributed by atoms with Gasteiger partial charge in [0.15, 0.2) is 0 Å². The second kappa shape index (κ2) is 5.06. The van der Waals surface area contributed by atoms with E-state index in [4.69, 9.17) is 8.17 Å². The predicted molar refractivity (Wildman–Crippen MR) is 52.1 cm³/mol. The summed E-state index contributed by atoms with van der Waals surface area (Å²) < 4.78 is 18.0. The lowest BCUT2D eigenvalue weighted by Gasteiger charge is -2.32. The minimum absolute atomic E-state index is 0.0209. The maximum absolute atomic E-state index is 13.2. The monoisotopic (exact) mass is 303 g/mol. The molecule has 0 radical (unpaired) electrons. The first-order chi connectivity index (χ1) is 6.19. The van der Waals surface area contributed by atoms with Gasteiger partial charge in [-0.1, -0.05) is 0 Å². The molecule has 1 rings (SSSR count). The maximum atomic E-state index is 13.2. The molecule has 0 saturated carbocycles. The van der Waals surface area contributed by atoms with Gasteiger partial charge in [0.25, 0.3) is 0 Å². The van der Waals surface area contributed by atoms with Crippen LogP contribution in [0.25, 0.3) is 0 Å². The summed E-state index contributed by atoms with van der Waals surface area (Å²) >= 11 is 1.66. The minimum Gasteiger partial charge on any atom is -0.387 e. The van der Waals surface area contributed by atoms with Gasteiger partial charge in [0, 0.05) is 6.54 Å². The van der Waals surface area contributed by atoms with Crippen molar-refractivity contribution in [3.8, 4) is 0 Å². The van der Waals surface area contributed by atoms with Crippen LogP contribution in [0.5, 0.6) is 0 Å². The van der Waals surface area contributed by atoms with Crippen molar-refractivity contribution >= 4 is 28.9 Å². The molecule has 1 heterocycles. The van der Waals surface area contributed by atoms with E-state index in [1.165, 1.54) is 4.90 Å². The van der Waals surface area contributed by atoms with Crippen LogP contribution < -0.4 is 0 Å². The molecular weight excluding hydrogens is 292 g/mol. The highest BCUT2D eigenvalue weighted by atomic mass is 127. The van der Waals surface area contributed by atoms with Gasteiger partial charge in [0.05, 0.1) is 6.54 Å². The number of alkyl halides is 1. The van der Waals surface area contributed by atoms with Gasteiger partial charge in [-0.15, -0.1) is 0 Å². The average molecular weight is 303 g/mol. The highest BCUT2D eigenvalue weighted by Crippen LogP contribution is 2.19. The molecule has 1 N–H and O–H groups in total. The number of rotatable bonds is 2. The van der Waals surface area contributed by atoms with Gasteiger partial charge >= 0.3 is 0 Å². The Labute approximate surface area is 89.7 Å². The first kappa shape index (κ1) is 11.1. The van der Waals surface area contributed by atoms with Gasteiger partial charge in [0.2, 0.25) is 5.91 Å². The molecule has 13 heavy (non-hydrogen) atoms. The SMILES string of the molecule is O=C(CO)N1CC[C@H](OI)[C@H](F)C1. The van der Waals surface area contributed by atoms with Crippen LogP contribution in [0.1, 0.15) is 6.42 Å². The molecule has 0 spiro atoms. The predicted octanol–water partition coefficient (Wildman–Crippen LogP) is 0.284. The zero-order valence-corrected chi connectivity index (χ0v) is 9.11. The Kier molecular flexibility index (Phi) is 4.33. The van der Waals surface area contributed by atoms with Gasteiger partial charge in [-0.25, -0.2) is 4.39 Å². The van der Waals surface area contributed by atoms with Crippen molar-refractivity contribution in [3.63, 3.8) is 0 Å². The number of hydrogen-bond acceptors (Lipinski definition) is 3. The maximum Gasteiger partial charge on any atom is 0.248 e. The third-order valence-corrected chi connectivity index (χ3v) is 2.74. The third kappa shape index (κ3) is 2.75. The zero-order valence-electron chi connectivity index (χ0n) is 6.95. The fourth-order valence-electron chi connectivity index (χ4n) is 1.31.